The molecule has 0 fully saturated rings. The minimum absolute atomic E-state index is 0.543. The summed E-state index contributed by atoms with van der Waals surface area (Å²) in [5, 5.41) is 1.15. The van der Waals surface area contributed by atoms with Gasteiger partial charge in [-0.2, -0.15) is 0 Å². The van der Waals surface area contributed by atoms with Crippen LogP contribution >= 0.6 is 0 Å². The van der Waals surface area contributed by atoms with Gasteiger partial charge in [-0.15, -0.1) is 0 Å². The smallest absolute Gasteiger partial charge is 0.120 e. The molecule has 1 aromatic heterocycles. The maximum Gasteiger partial charge on any atom is 0.120 e. The lowest BCUT2D eigenvalue weighted by Crippen LogP contribution is -1.97. The quantitative estimate of drug-likeness (QED) is 0.697. The first-order valence-corrected chi connectivity index (χ1v) is 6.91. The Hall–Kier alpha value is -2.35. The summed E-state index contributed by atoms with van der Waals surface area (Å²) in [4.78, 5) is 4.45. The second-order valence-electron chi connectivity index (χ2n) is 4.78. The molecule has 0 spiro atoms. The highest BCUT2D eigenvalue weighted by molar-refractivity contribution is 5.81. The minimum Gasteiger partial charge on any atom is -0.489 e. The number of hydrogen-bond donors (Lipinski definition) is 0. The van der Waals surface area contributed by atoms with Crippen LogP contribution in [0.5, 0.6) is 5.75 Å². The molecule has 0 saturated carbocycles. The number of aromatic nitrogens is 1. The Balaban J connectivity index is 1.83. The molecule has 0 N–H and O–H groups in total. The van der Waals surface area contributed by atoms with Gasteiger partial charge in [-0.05, 0) is 30.2 Å². The summed E-state index contributed by atoms with van der Waals surface area (Å²) >= 11 is 0. The van der Waals surface area contributed by atoms with E-state index >= 15 is 0 Å². The van der Waals surface area contributed by atoms with E-state index in [4.69, 9.17) is 4.74 Å². The van der Waals surface area contributed by atoms with E-state index in [0.29, 0.717) is 6.61 Å². The van der Waals surface area contributed by atoms with Crippen LogP contribution in [0.2, 0.25) is 0 Å². The fourth-order valence-electron chi connectivity index (χ4n) is 2.30. The average molecular weight is 263 g/mol. The number of rotatable bonds is 4. The third kappa shape index (κ3) is 2.64. The minimum atomic E-state index is 0.543. The Labute approximate surface area is 119 Å². The largest absolute Gasteiger partial charge is 0.489 e. The number of pyridine rings is 1. The van der Waals surface area contributed by atoms with E-state index in [2.05, 4.69) is 42.2 Å². The van der Waals surface area contributed by atoms with Crippen LogP contribution in [0.15, 0.2) is 60.8 Å². The Morgan fingerprint density at radius 1 is 1.00 bits per heavy atom. The van der Waals surface area contributed by atoms with Crippen molar-refractivity contribution in [3.8, 4) is 5.75 Å². The molecule has 3 aromatic rings. The van der Waals surface area contributed by atoms with Gasteiger partial charge >= 0.3 is 0 Å². The molecule has 3 rings (SSSR count). The lowest BCUT2D eigenvalue weighted by molar-refractivity contribution is 0.307. The van der Waals surface area contributed by atoms with Gasteiger partial charge in [0.25, 0.3) is 0 Å². The van der Waals surface area contributed by atoms with Crippen molar-refractivity contribution >= 4 is 10.9 Å². The van der Waals surface area contributed by atoms with Crippen LogP contribution in [0.25, 0.3) is 10.9 Å². The van der Waals surface area contributed by atoms with Crippen molar-refractivity contribution in [2.45, 2.75) is 20.0 Å². The number of para-hydroxylation sites is 1. The molecular weight excluding hydrogens is 246 g/mol. The van der Waals surface area contributed by atoms with Crippen molar-refractivity contribution in [3.63, 3.8) is 0 Å². The van der Waals surface area contributed by atoms with Crippen LogP contribution in [-0.4, -0.2) is 4.98 Å². The predicted molar refractivity (Wildman–Crippen MR) is 81.9 cm³/mol. The highest BCUT2D eigenvalue weighted by atomic mass is 16.5. The molecule has 1 heterocycles. The Morgan fingerprint density at radius 2 is 1.85 bits per heavy atom. The Bertz CT molecular complexity index is 716. The molecule has 0 saturated heterocycles. The molecule has 20 heavy (non-hydrogen) atoms. The third-order valence-corrected chi connectivity index (χ3v) is 3.42. The van der Waals surface area contributed by atoms with Crippen LogP contribution in [0.3, 0.4) is 0 Å². The van der Waals surface area contributed by atoms with Gasteiger partial charge in [0.1, 0.15) is 12.4 Å². The van der Waals surface area contributed by atoms with Gasteiger partial charge in [-0.1, -0.05) is 43.3 Å². The molecule has 2 aromatic carbocycles. The molecule has 100 valence electrons. The molecule has 2 nitrogen and oxygen atoms in total. The van der Waals surface area contributed by atoms with Crippen molar-refractivity contribution < 1.29 is 4.74 Å². The summed E-state index contributed by atoms with van der Waals surface area (Å²) in [5.41, 5.74) is 3.42. The number of benzene rings is 2. The number of fused-ring (bicyclic) bond motifs is 1. The zero-order chi connectivity index (χ0) is 13.8. The number of hydrogen-bond acceptors (Lipinski definition) is 2. The highest BCUT2D eigenvalue weighted by Crippen LogP contribution is 2.19. The molecule has 0 amide bonds. The monoisotopic (exact) mass is 263 g/mol. The molecular formula is C18H17NO. The number of ether oxygens (including phenoxy) is 1. The van der Waals surface area contributed by atoms with Gasteiger partial charge in [0.05, 0.1) is 5.52 Å². The fraction of sp³-hybridized carbons (Fsp3) is 0.167. The molecule has 2 heteroatoms. The van der Waals surface area contributed by atoms with Crippen LogP contribution < -0.4 is 4.74 Å². The van der Waals surface area contributed by atoms with E-state index in [0.717, 1.165) is 28.6 Å². The SMILES string of the molecule is CCc1cccc(OCc2cccc3cccnc23)c1. The molecule has 0 aliphatic heterocycles. The Morgan fingerprint density at radius 3 is 2.75 bits per heavy atom. The van der Waals surface area contributed by atoms with Crippen LogP contribution in [0.1, 0.15) is 18.1 Å². The summed E-state index contributed by atoms with van der Waals surface area (Å²) in [7, 11) is 0. The standard InChI is InChI=1S/C18H17NO/c1-2-14-6-3-10-17(12-14)20-13-16-8-4-7-15-9-5-11-19-18(15)16/h3-12H,2,13H2,1H3. The van der Waals surface area contributed by atoms with Crippen LogP contribution in [0.4, 0.5) is 0 Å². The first-order valence-electron chi connectivity index (χ1n) is 6.91. The van der Waals surface area contributed by atoms with E-state index in [-0.39, 0.29) is 0 Å². The second kappa shape index (κ2) is 5.74. The number of aryl methyl sites for hydroxylation is 1. The summed E-state index contributed by atoms with van der Waals surface area (Å²) in [6.07, 6.45) is 2.84. The molecule has 0 aliphatic rings. The second-order valence-corrected chi connectivity index (χ2v) is 4.78. The normalized spacial score (nSPS) is 10.7. The molecule has 0 aliphatic carbocycles. The first-order chi connectivity index (χ1) is 9.86. The lowest BCUT2D eigenvalue weighted by atomic mass is 10.1. The van der Waals surface area contributed by atoms with Gasteiger partial charge < -0.3 is 4.74 Å². The van der Waals surface area contributed by atoms with Crippen LogP contribution in [-0.2, 0) is 13.0 Å². The van der Waals surface area contributed by atoms with Gasteiger partial charge in [-0.3, -0.25) is 4.98 Å². The predicted octanol–water partition coefficient (Wildman–Crippen LogP) is 4.38. The molecule has 0 atom stereocenters. The average Bonchev–Trinajstić information content (AvgIpc) is 2.53. The summed E-state index contributed by atoms with van der Waals surface area (Å²) < 4.78 is 5.90. The fourth-order valence-corrected chi connectivity index (χ4v) is 2.30. The topological polar surface area (TPSA) is 22.1 Å². The highest BCUT2D eigenvalue weighted by Gasteiger charge is 2.03. The van der Waals surface area contributed by atoms with E-state index in [1.165, 1.54) is 5.56 Å². The van der Waals surface area contributed by atoms with Crippen molar-refractivity contribution in [3.05, 3.63) is 71.9 Å². The maximum atomic E-state index is 5.90. The van der Waals surface area contributed by atoms with Crippen molar-refractivity contribution in [1.82, 2.24) is 4.98 Å². The maximum absolute atomic E-state index is 5.90. The Kier molecular flexibility index (Phi) is 3.64. The van der Waals surface area contributed by atoms with Gasteiger partial charge in [-0.25, -0.2) is 0 Å². The van der Waals surface area contributed by atoms with E-state index in [9.17, 15) is 0 Å². The summed E-state index contributed by atoms with van der Waals surface area (Å²) in [6, 6.07) is 18.5. The van der Waals surface area contributed by atoms with Crippen molar-refractivity contribution in [2.75, 3.05) is 0 Å². The zero-order valence-electron chi connectivity index (χ0n) is 11.5. The van der Waals surface area contributed by atoms with Crippen molar-refractivity contribution in [2.24, 2.45) is 0 Å². The van der Waals surface area contributed by atoms with Gasteiger partial charge in [0.2, 0.25) is 0 Å². The van der Waals surface area contributed by atoms with Crippen molar-refractivity contribution in [1.29, 1.82) is 0 Å². The van der Waals surface area contributed by atoms with Gasteiger partial charge in [0.15, 0.2) is 0 Å². The summed E-state index contributed by atoms with van der Waals surface area (Å²) in [6.45, 7) is 2.69. The zero-order valence-corrected chi connectivity index (χ0v) is 11.5. The van der Waals surface area contributed by atoms with Gasteiger partial charge in [0, 0.05) is 17.1 Å². The third-order valence-electron chi connectivity index (χ3n) is 3.42. The summed E-state index contributed by atoms with van der Waals surface area (Å²) in [5.74, 6) is 0.914. The molecule has 0 bridgehead atoms. The number of nitrogens with zero attached hydrogens (tertiary/aromatic N) is 1. The van der Waals surface area contributed by atoms with E-state index in [1.54, 1.807) is 0 Å². The van der Waals surface area contributed by atoms with E-state index in [1.807, 2.05) is 30.5 Å². The van der Waals surface area contributed by atoms with Crippen LogP contribution in [0, 0.1) is 0 Å². The van der Waals surface area contributed by atoms with E-state index < -0.39 is 0 Å². The lowest BCUT2D eigenvalue weighted by Gasteiger charge is -2.09. The molecule has 0 unspecified atom stereocenters. The molecule has 0 radical (unpaired) electrons. The first kappa shape index (κ1) is 12.7.